The number of benzene rings is 2. The van der Waals surface area contributed by atoms with E-state index in [2.05, 4.69) is 5.32 Å². The van der Waals surface area contributed by atoms with Crippen LogP contribution in [0.15, 0.2) is 53.4 Å². The number of nitrogens with zero attached hydrogens (tertiary/aromatic N) is 2. The minimum absolute atomic E-state index is 0.0738. The first-order valence-electron chi connectivity index (χ1n) is 11.5. The van der Waals surface area contributed by atoms with Crippen molar-refractivity contribution in [2.24, 2.45) is 0 Å². The first-order valence-corrected chi connectivity index (χ1v) is 13.7. The van der Waals surface area contributed by atoms with Crippen molar-refractivity contribution in [3.63, 3.8) is 0 Å². The van der Waals surface area contributed by atoms with Gasteiger partial charge in [0.05, 0.1) is 14.9 Å². The lowest BCUT2D eigenvalue weighted by Crippen LogP contribution is -2.50. The van der Waals surface area contributed by atoms with E-state index in [1.807, 2.05) is 20.8 Å². The molecule has 0 aliphatic carbocycles. The van der Waals surface area contributed by atoms with Gasteiger partial charge in [0.1, 0.15) is 6.04 Å². The Bertz CT molecular complexity index is 1110. The average Bonchev–Trinajstić information content (AvgIpc) is 2.81. The summed E-state index contributed by atoms with van der Waals surface area (Å²) >= 11 is 12.2. The number of carbonyl (C=O) groups is 2. The Labute approximate surface area is 218 Å². The fourth-order valence-electron chi connectivity index (χ4n) is 3.62. The molecule has 35 heavy (non-hydrogen) atoms. The van der Waals surface area contributed by atoms with Crippen molar-refractivity contribution in [2.75, 3.05) is 13.6 Å². The van der Waals surface area contributed by atoms with Crippen LogP contribution in [0.1, 0.15) is 45.6 Å². The largest absolute Gasteiger partial charge is 0.352 e. The van der Waals surface area contributed by atoms with E-state index >= 15 is 0 Å². The van der Waals surface area contributed by atoms with Crippen LogP contribution in [0.25, 0.3) is 0 Å². The Balaban J connectivity index is 2.16. The number of nitrogens with one attached hydrogen (secondary N) is 1. The van der Waals surface area contributed by atoms with Crippen molar-refractivity contribution in [1.82, 2.24) is 14.5 Å². The first kappa shape index (κ1) is 29.1. The summed E-state index contributed by atoms with van der Waals surface area (Å²) in [5.74, 6) is -0.480. The first-order chi connectivity index (χ1) is 16.5. The molecule has 0 saturated carbocycles. The molecule has 0 fully saturated rings. The van der Waals surface area contributed by atoms with Crippen LogP contribution in [0, 0.1) is 0 Å². The van der Waals surface area contributed by atoms with E-state index in [1.54, 1.807) is 36.4 Å². The number of hydrogen-bond acceptors (Lipinski definition) is 4. The third kappa shape index (κ3) is 8.20. The van der Waals surface area contributed by atoms with Gasteiger partial charge in [0.25, 0.3) is 0 Å². The van der Waals surface area contributed by atoms with Gasteiger partial charge in [-0.3, -0.25) is 9.59 Å². The third-order valence-electron chi connectivity index (χ3n) is 5.47. The van der Waals surface area contributed by atoms with E-state index in [0.717, 1.165) is 5.56 Å². The molecule has 2 rings (SSSR count). The minimum atomic E-state index is -3.65. The molecule has 0 heterocycles. The molecule has 7 nitrogen and oxygen atoms in total. The summed E-state index contributed by atoms with van der Waals surface area (Å²) in [4.78, 5) is 27.9. The van der Waals surface area contributed by atoms with Crippen LogP contribution in [0.5, 0.6) is 0 Å². The Kier molecular flexibility index (Phi) is 11.0. The molecule has 192 valence electrons. The van der Waals surface area contributed by atoms with Crippen LogP contribution in [0.3, 0.4) is 0 Å². The van der Waals surface area contributed by atoms with Gasteiger partial charge in [-0.2, -0.15) is 0 Å². The van der Waals surface area contributed by atoms with Gasteiger partial charge in [0, 0.05) is 32.6 Å². The van der Waals surface area contributed by atoms with E-state index in [4.69, 9.17) is 23.2 Å². The molecule has 2 aromatic rings. The van der Waals surface area contributed by atoms with Gasteiger partial charge in [0.15, 0.2) is 0 Å². The van der Waals surface area contributed by atoms with E-state index in [-0.39, 0.29) is 42.3 Å². The van der Waals surface area contributed by atoms with Crippen molar-refractivity contribution in [3.05, 3.63) is 64.1 Å². The highest BCUT2D eigenvalue weighted by Gasteiger charge is 2.29. The SMILES string of the molecule is CCC(C(=O)NC(C)C)N(Cc1ccc(Cl)c(Cl)c1)C(=O)CCCN(C)S(=O)(=O)c1ccccc1. The normalized spacial score (nSPS) is 12.6. The maximum Gasteiger partial charge on any atom is 0.243 e. The van der Waals surface area contributed by atoms with Crippen LogP contribution in [0.4, 0.5) is 0 Å². The summed E-state index contributed by atoms with van der Waals surface area (Å²) in [5, 5.41) is 3.65. The Morgan fingerprint density at radius 2 is 1.69 bits per heavy atom. The summed E-state index contributed by atoms with van der Waals surface area (Å²) in [5.41, 5.74) is 0.743. The Morgan fingerprint density at radius 1 is 1.03 bits per heavy atom. The molecule has 0 aliphatic heterocycles. The molecule has 2 amide bonds. The van der Waals surface area contributed by atoms with Crippen molar-refractivity contribution < 1.29 is 18.0 Å². The summed E-state index contributed by atoms with van der Waals surface area (Å²) in [6.45, 7) is 5.91. The van der Waals surface area contributed by atoms with Gasteiger partial charge in [-0.1, -0.05) is 54.4 Å². The zero-order valence-corrected chi connectivity index (χ0v) is 22.8. The summed E-state index contributed by atoms with van der Waals surface area (Å²) < 4.78 is 26.7. The molecule has 0 bridgehead atoms. The Morgan fingerprint density at radius 3 is 2.26 bits per heavy atom. The smallest absolute Gasteiger partial charge is 0.243 e. The van der Waals surface area contributed by atoms with Gasteiger partial charge < -0.3 is 10.2 Å². The molecule has 2 aromatic carbocycles. The van der Waals surface area contributed by atoms with Crippen molar-refractivity contribution in [2.45, 2.75) is 63.6 Å². The second-order valence-electron chi connectivity index (χ2n) is 8.60. The van der Waals surface area contributed by atoms with Gasteiger partial charge in [-0.15, -0.1) is 0 Å². The molecule has 0 spiro atoms. The molecule has 0 aromatic heterocycles. The Hall–Kier alpha value is -2.13. The van der Waals surface area contributed by atoms with Crippen LogP contribution in [-0.4, -0.2) is 55.1 Å². The monoisotopic (exact) mass is 541 g/mol. The summed E-state index contributed by atoms with van der Waals surface area (Å²) in [7, 11) is -2.15. The highest BCUT2D eigenvalue weighted by Crippen LogP contribution is 2.24. The standard InChI is InChI=1S/C25H33Cl2N3O4S/c1-5-23(25(32)28-18(2)3)30(17-19-13-14-21(26)22(27)16-19)24(31)12-9-15-29(4)35(33,34)20-10-7-6-8-11-20/h6-8,10-11,13-14,16,18,23H,5,9,12,15,17H2,1-4H3,(H,28,32). The molecular formula is C25H33Cl2N3O4S. The predicted octanol–water partition coefficient (Wildman–Crippen LogP) is 4.73. The highest BCUT2D eigenvalue weighted by molar-refractivity contribution is 7.89. The molecule has 1 atom stereocenters. The number of amides is 2. The number of sulfonamides is 1. The van der Waals surface area contributed by atoms with Crippen LogP contribution < -0.4 is 5.32 Å². The topological polar surface area (TPSA) is 86.8 Å². The van der Waals surface area contributed by atoms with Gasteiger partial charge >= 0.3 is 0 Å². The van der Waals surface area contributed by atoms with Crippen LogP contribution in [-0.2, 0) is 26.2 Å². The minimum Gasteiger partial charge on any atom is -0.352 e. The fourth-order valence-corrected chi connectivity index (χ4v) is 5.18. The summed E-state index contributed by atoms with van der Waals surface area (Å²) in [6.07, 6.45) is 0.816. The maximum absolute atomic E-state index is 13.3. The molecular weight excluding hydrogens is 509 g/mol. The van der Waals surface area contributed by atoms with E-state index in [9.17, 15) is 18.0 Å². The van der Waals surface area contributed by atoms with E-state index in [0.29, 0.717) is 22.9 Å². The molecule has 0 aliphatic rings. The van der Waals surface area contributed by atoms with Gasteiger partial charge in [-0.05, 0) is 56.5 Å². The second kappa shape index (κ2) is 13.3. The van der Waals surface area contributed by atoms with Crippen LogP contribution in [0.2, 0.25) is 10.0 Å². The quantitative estimate of drug-likeness (QED) is 0.420. The van der Waals surface area contributed by atoms with Gasteiger partial charge in [-0.25, -0.2) is 12.7 Å². The lowest BCUT2D eigenvalue weighted by Gasteiger charge is -2.31. The zero-order chi connectivity index (χ0) is 26.2. The molecule has 1 N–H and O–H groups in total. The maximum atomic E-state index is 13.3. The third-order valence-corrected chi connectivity index (χ3v) is 8.08. The number of rotatable bonds is 12. The molecule has 0 saturated heterocycles. The highest BCUT2D eigenvalue weighted by atomic mass is 35.5. The van der Waals surface area contributed by atoms with E-state index in [1.165, 1.54) is 28.4 Å². The molecule has 10 heteroatoms. The fraction of sp³-hybridized carbons (Fsp3) is 0.440. The average molecular weight is 543 g/mol. The van der Waals surface area contributed by atoms with Crippen molar-refractivity contribution in [3.8, 4) is 0 Å². The lowest BCUT2D eigenvalue weighted by atomic mass is 10.1. The number of hydrogen-bond donors (Lipinski definition) is 1. The molecule has 0 radical (unpaired) electrons. The number of carbonyl (C=O) groups excluding carboxylic acids is 2. The zero-order valence-electron chi connectivity index (χ0n) is 20.5. The van der Waals surface area contributed by atoms with Gasteiger partial charge in [0.2, 0.25) is 21.8 Å². The number of halogens is 2. The second-order valence-corrected chi connectivity index (χ2v) is 11.5. The van der Waals surface area contributed by atoms with Crippen molar-refractivity contribution >= 4 is 45.0 Å². The van der Waals surface area contributed by atoms with Crippen LogP contribution >= 0.6 is 23.2 Å². The molecule has 1 unspecified atom stereocenters. The summed E-state index contributed by atoms with van der Waals surface area (Å²) in [6, 6.07) is 12.5. The van der Waals surface area contributed by atoms with Crippen molar-refractivity contribution in [1.29, 1.82) is 0 Å². The van der Waals surface area contributed by atoms with E-state index < -0.39 is 16.1 Å². The lowest BCUT2D eigenvalue weighted by molar-refractivity contribution is -0.141. The predicted molar refractivity (Wildman–Crippen MR) is 140 cm³/mol.